The molecule has 0 aliphatic rings. The summed E-state index contributed by atoms with van der Waals surface area (Å²) in [6, 6.07) is 58.6. The number of furan rings is 1. The molecule has 0 fully saturated rings. The third-order valence-electron chi connectivity index (χ3n) is 8.70. The van der Waals surface area contributed by atoms with Gasteiger partial charge in [-0.15, -0.1) is 0 Å². The van der Waals surface area contributed by atoms with Crippen molar-refractivity contribution in [2.24, 2.45) is 0 Å². The van der Waals surface area contributed by atoms with Crippen LogP contribution in [0.4, 0.5) is 17.1 Å². The number of rotatable bonds is 6. The van der Waals surface area contributed by atoms with E-state index in [9.17, 15) is 0 Å². The number of anilines is 3. The first kappa shape index (κ1) is 27.0. The summed E-state index contributed by atoms with van der Waals surface area (Å²) in [4.78, 5) is 7.17. The van der Waals surface area contributed by atoms with Gasteiger partial charge in [-0.1, -0.05) is 109 Å². The molecule has 222 valence electrons. The van der Waals surface area contributed by atoms with Gasteiger partial charge in [-0.3, -0.25) is 0 Å². The van der Waals surface area contributed by atoms with Crippen molar-refractivity contribution >= 4 is 50.1 Å². The van der Waals surface area contributed by atoms with Crippen LogP contribution in [0.15, 0.2) is 179 Å². The van der Waals surface area contributed by atoms with Gasteiger partial charge in [0.25, 0.3) is 0 Å². The molecule has 0 aliphatic heterocycles. The first-order chi connectivity index (χ1) is 23.3. The SMILES string of the molecule is c1ccc(-c2nc3cccc(-c4cccc(N(c5ccc6oc7ccccc7c6c5)c5ccccc5-c5ccccc5)c4)c3o2)cc1. The molecule has 0 atom stereocenters. The van der Waals surface area contributed by atoms with Gasteiger partial charge in [-0.25, -0.2) is 4.98 Å². The molecule has 2 aromatic heterocycles. The van der Waals surface area contributed by atoms with Crippen LogP contribution < -0.4 is 4.90 Å². The maximum atomic E-state index is 6.43. The van der Waals surface area contributed by atoms with Gasteiger partial charge in [-0.2, -0.15) is 0 Å². The molecule has 0 spiro atoms. The zero-order chi connectivity index (χ0) is 31.2. The van der Waals surface area contributed by atoms with Crippen LogP contribution in [0.2, 0.25) is 0 Å². The third kappa shape index (κ3) is 4.75. The van der Waals surface area contributed by atoms with Crippen LogP contribution >= 0.6 is 0 Å². The molecule has 0 radical (unpaired) electrons. The van der Waals surface area contributed by atoms with Crippen molar-refractivity contribution in [1.29, 1.82) is 0 Å². The number of benzene rings is 7. The number of aromatic nitrogens is 1. The Bertz CT molecular complexity index is 2530. The molecule has 0 saturated heterocycles. The van der Waals surface area contributed by atoms with Crippen LogP contribution in [0.5, 0.6) is 0 Å². The first-order valence-corrected chi connectivity index (χ1v) is 15.7. The van der Waals surface area contributed by atoms with Crippen molar-refractivity contribution in [3.63, 3.8) is 0 Å². The van der Waals surface area contributed by atoms with Crippen LogP contribution in [0.3, 0.4) is 0 Å². The molecule has 0 saturated carbocycles. The van der Waals surface area contributed by atoms with Crippen molar-refractivity contribution in [2.45, 2.75) is 0 Å². The van der Waals surface area contributed by atoms with Gasteiger partial charge >= 0.3 is 0 Å². The quantitative estimate of drug-likeness (QED) is 0.189. The Labute approximate surface area is 271 Å². The highest BCUT2D eigenvalue weighted by molar-refractivity contribution is 6.07. The van der Waals surface area contributed by atoms with Crippen molar-refractivity contribution in [3.8, 4) is 33.7 Å². The lowest BCUT2D eigenvalue weighted by atomic mass is 10.00. The largest absolute Gasteiger partial charge is 0.456 e. The third-order valence-corrected chi connectivity index (χ3v) is 8.70. The Balaban J connectivity index is 1.24. The minimum atomic E-state index is 0.614. The van der Waals surface area contributed by atoms with E-state index in [1.54, 1.807) is 0 Å². The van der Waals surface area contributed by atoms with Crippen molar-refractivity contribution in [3.05, 3.63) is 170 Å². The van der Waals surface area contributed by atoms with Gasteiger partial charge in [-0.05, 0) is 71.8 Å². The molecule has 47 heavy (non-hydrogen) atoms. The maximum absolute atomic E-state index is 6.43. The highest BCUT2D eigenvalue weighted by Gasteiger charge is 2.20. The molecule has 2 heterocycles. The van der Waals surface area contributed by atoms with Crippen LogP contribution in [-0.2, 0) is 0 Å². The Kier molecular flexibility index (Phi) is 6.43. The lowest BCUT2D eigenvalue weighted by Gasteiger charge is -2.28. The van der Waals surface area contributed by atoms with Crippen molar-refractivity contribution < 1.29 is 8.83 Å². The van der Waals surface area contributed by atoms with Crippen LogP contribution in [0.1, 0.15) is 0 Å². The predicted octanol–water partition coefficient (Wildman–Crippen LogP) is 12.2. The lowest BCUT2D eigenvalue weighted by molar-refractivity contribution is 0.621. The second-order valence-corrected chi connectivity index (χ2v) is 11.6. The van der Waals surface area contributed by atoms with E-state index >= 15 is 0 Å². The van der Waals surface area contributed by atoms with E-state index < -0.39 is 0 Å². The van der Waals surface area contributed by atoms with Gasteiger partial charge in [0.1, 0.15) is 16.7 Å². The number of para-hydroxylation sites is 3. The van der Waals surface area contributed by atoms with E-state index in [4.69, 9.17) is 13.8 Å². The lowest BCUT2D eigenvalue weighted by Crippen LogP contribution is -2.11. The van der Waals surface area contributed by atoms with Crippen molar-refractivity contribution in [1.82, 2.24) is 4.98 Å². The fraction of sp³-hybridized carbons (Fsp3) is 0. The molecule has 9 aromatic rings. The monoisotopic (exact) mass is 604 g/mol. The second kappa shape index (κ2) is 11.2. The molecule has 9 rings (SSSR count). The number of nitrogens with zero attached hydrogens (tertiary/aromatic N) is 2. The van der Waals surface area contributed by atoms with Crippen LogP contribution in [-0.4, -0.2) is 4.98 Å². The Morgan fingerprint density at radius 1 is 0.426 bits per heavy atom. The summed E-state index contributed by atoms with van der Waals surface area (Å²) in [6.45, 7) is 0. The predicted molar refractivity (Wildman–Crippen MR) is 192 cm³/mol. The Morgan fingerprint density at radius 2 is 1.09 bits per heavy atom. The fourth-order valence-electron chi connectivity index (χ4n) is 6.50. The summed E-state index contributed by atoms with van der Waals surface area (Å²) in [5.41, 5.74) is 11.8. The molecular formula is C43H28N2O2. The van der Waals surface area contributed by atoms with E-state index in [0.717, 1.165) is 77.9 Å². The average Bonchev–Trinajstić information content (AvgIpc) is 3.75. The molecule has 7 aromatic carbocycles. The van der Waals surface area contributed by atoms with Gasteiger partial charge in [0.05, 0.1) is 5.69 Å². The Morgan fingerprint density at radius 3 is 1.96 bits per heavy atom. The van der Waals surface area contributed by atoms with Gasteiger partial charge in [0.15, 0.2) is 5.58 Å². The molecule has 0 unspecified atom stereocenters. The number of fused-ring (bicyclic) bond motifs is 4. The Hall–Kier alpha value is -6.39. The van der Waals surface area contributed by atoms with E-state index in [0.29, 0.717) is 5.89 Å². The molecule has 0 N–H and O–H groups in total. The minimum Gasteiger partial charge on any atom is -0.456 e. The molecular weight excluding hydrogens is 576 g/mol. The highest BCUT2D eigenvalue weighted by atomic mass is 16.3. The summed E-state index contributed by atoms with van der Waals surface area (Å²) < 4.78 is 12.6. The smallest absolute Gasteiger partial charge is 0.227 e. The summed E-state index contributed by atoms with van der Waals surface area (Å²) in [5, 5.41) is 2.18. The standard InChI is InChI=1S/C43H28N2O2/c1-3-13-29(14-4-1)34-19-7-9-23-39(34)45(33-25-26-41-37(28-33)36-20-8-10-24-40(36)46-41)32-18-11-17-31(27-32)35-21-12-22-38-42(35)47-43(44-38)30-15-5-2-6-16-30/h1-28H. The fourth-order valence-corrected chi connectivity index (χ4v) is 6.50. The molecule has 0 bridgehead atoms. The van der Waals surface area contributed by atoms with Crippen molar-refractivity contribution in [2.75, 3.05) is 4.90 Å². The second-order valence-electron chi connectivity index (χ2n) is 11.6. The van der Waals surface area contributed by atoms with Gasteiger partial charge in [0, 0.05) is 38.8 Å². The number of hydrogen-bond donors (Lipinski definition) is 0. The van der Waals surface area contributed by atoms with E-state index in [1.165, 1.54) is 0 Å². The van der Waals surface area contributed by atoms with Crippen LogP contribution in [0, 0.1) is 0 Å². The molecule has 0 amide bonds. The number of oxazole rings is 1. The van der Waals surface area contributed by atoms with E-state index in [2.05, 4.69) is 120 Å². The summed E-state index contributed by atoms with van der Waals surface area (Å²) in [7, 11) is 0. The first-order valence-electron chi connectivity index (χ1n) is 15.7. The van der Waals surface area contributed by atoms with E-state index in [1.807, 2.05) is 54.6 Å². The number of hydrogen-bond acceptors (Lipinski definition) is 4. The van der Waals surface area contributed by atoms with Gasteiger partial charge in [0.2, 0.25) is 5.89 Å². The zero-order valence-electron chi connectivity index (χ0n) is 25.4. The van der Waals surface area contributed by atoms with E-state index in [-0.39, 0.29) is 0 Å². The van der Waals surface area contributed by atoms with Crippen LogP contribution in [0.25, 0.3) is 66.7 Å². The zero-order valence-corrected chi connectivity index (χ0v) is 25.4. The highest BCUT2D eigenvalue weighted by Crippen LogP contribution is 2.44. The maximum Gasteiger partial charge on any atom is 0.227 e. The normalized spacial score (nSPS) is 11.4. The summed E-state index contributed by atoms with van der Waals surface area (Å²) in [6.07, 6.45) is 0. The minimum absolute atomic E-state index is 0.614. The molecule has 0 aliphatic carbocycles. The average molecular weight is 605 g/mol. The topological polar surface area (TPSA) is 42.4 Å². The summed E-state index contributed by atoms with van der Waals surface area (Å²) in [5.74, 6) is 0.614. The summed E-state index contributed by atoms with van der Waals surface area (Å²) >= 11 is 0. The molecule has 4 nitrogen and oxygen atoms in total. The molecule has 4 heteroatoms. The van der Waals surface area contributed by atoms with Gasteiger partial charge < -0.3 is 13.7 Å².